The Labute approximate surface area is 86.3 Å². The van der Waals surface area contributed by atoms with Crippen molar-refractivity contribution < 1.29 is 14.4 Å². The minimum absolute atomic E-state index is 0.222. The van der Waals surface area contributed by atoms with E-state index in [1.54, 1.807) is 0 Å². The summed E-state index contributed by atoms with van der Waals surface area (Å²) in [6, 6.07) is 0. The van der Waals surface area contributed by atoms with Gasteiger partial charge >= 0.3 is 0 Å². The van der Waals surface area contributed by atoms with Crippen molar-refractivity contribution in [2.45, 2.75) is 38.5 Å². The Morgan fingerprint density at radius 1 is 1.21 bits per heavy atom. The predicted molar refractivity (Wildman–Crippen MR) is 53.5 cm³/mol. The van der Waals surface area contributed by atoms with E-state index < -0.39 is 5.97 Å². The van der Waals surface area contributed by atoms with Crippen molar-refractivity contribution in [1.82, 2.24) is 0 Å². The fraction of sp³-hybridized carbons (Fsp3) is 0.909. The maximum Gasteiger partial charge on any atom is 0.0784 e. The zero-order valence-corrected chi connectivity index (χ0v) is 9.13. The second kappa shape index (κ2) is 5.35. The van der Waals surface area contributed by atoms with Crippen LogP contribution in [0.1, 0.15) is 38.5 Å². The van der Waals surface area contributed by atoms with Gasteiger partial charge in [-0.15, -0.1) is 0 Å². The van der Waals surface area contributed by atoms with Crippen molar-refractivity contribution in [3.8, 4) is 0 Å². The first kappa shape index (κ1) is 11.5. The lowest BCUT2D eigenvalue weighted by molar-refractivity contribution is -0.914. The number of unbranched alkanes of at least 4 members (excludes halogenated alkanes) is 1. The molecule has 1 rings (SSSR count). The smallest absolute Gasteiger partial charge is 0.0784 e. The van der Waals surface area contributed by atoms with Gasteiger partial charge in [0.1, 0.15) is 0 Å². The summed E-state index contributed by atoms with van der Waals surface area (Å²) < 4.78 is 1.15. The summed E-state index contributed by atoms with van der Waals surface area (Å²) in [4.78, 5) is 10.2. The average molecular weight is 199 g/mol. The molecule has 0 N–H and O–H groups in total. The summed E-state index contributed by atoms with van der Waals surface area (Å²) in [7, 11) is 2.29. The van der Waals surface area contributed by atoms with Gasteiger partial charge in [-0.25, -0.2) is 0 Å². The number of hydrogen-bond acceptors (Lipinski definition) is 2. The van der Waals surface area contributed by atoms with Crippen LogP contribution in [0, 0.1) is 0 Å². The third-order valence-electron chi connectivity index (χ3n) is 3.22. The van der Waals surface area contributed by atoms with Crippen LogP contribution in [0.2, 0.25) is 0 Å². The monoisotopic (exact) mass is 199 g/mol. The number of hydrogen-bond donors (Lipinski definition) is 0. The molecule has 1 aliphatic heterocycles. The molecule has 14 heavy (non-hydrogen) atoms. The molecule has 0 saturated carbocycles. The highest BCUT2D eigenvalue weighted by atomic mass is 16.4. The number of carbonyl (C=O) groups is 1. The Morgan fingerprint density at radius 2 is 1.86 bits per heavy atom. The summed E-state index contributed by atoms with van der Waals surface area (Å²) in [5.41, 5.74) is 0. The van der Waals surface area contributed by atoms with E-state index in [0.717, 1.165) is 23.9 Å². The highest BCUT2D eigenvalue weighted by molar-refractivity contribution is 5.63. The van der Waals surface area contributed by atoms with Crippen LogP contribution < -0.4 is 5.11 Å². The number of nitrogens with zero attached hydrogens (tertiary/aromatic N) is 1. The lowest BCUT2D eigenvalue weighted by Crippen LogP contribution is -2.48. The van der Waals surface area contributed by atoms with Crippen molar-refractivity contribution in [1.29, 1.82) is 0 Å². The van der Waals surface area contributed by atoms with E-state index in [1.165, 1.54) is 32.4 Å². The van der Waals surface area contributed by atoms with Gasteiger partial charge < -0.3 is 14.4 Å². The van der Waals surface area contributed by atoms with Gasteiger partial charge in [0, 0.05) is 5.97 Å². The molecular weight excluding hydrogens is 178 g/mol. The molecule has 0 unspecified atom stereocenters. The zero-order valence-electron chi connectivity index (χ0n) is 9.13. The fourth-order valence-electron chi connectivity index (χ4n) is 2.26. The molecule has 0 radical (unpaired) electrons. The minimum Gasteiger partial charge on any atom is -0.550 e. The third-order valence-corrected chi connectivity index (χ3v) is 3.22. The number of likely N-dealkylation sites (tertiary alicyclic amines) is 1. The minimum atomic E-state index is -0.911. The molecule has 0 atom stereocenters. The first-order valence-corrected chi connectivity index (χ1v) is 5.66. The van der Waals surface area contributed by atoms with Crippen LogP contribution in [0.5, 0.6) is 0 Å². The lowest BCUT2D eigenvalue weighted by Gasteiger charge is -2.37. The largest absolute Gasteiger partial charge is 0.550 e. The summed E-state index contributed by atoms with van der Waals surface area (Å²) in [5.74, 6) is -0.911. The number of piperidine rings is 1. The second-order valence-electron chi connectivity index (χ2n) is 4.68. The van der Waals surface area contributed by atoms with Gasteiger partial charge in [-0.3, -0.25) is 0 Å². The van der Waals surface area contributed by atoms with Crippen LogP contribution in [-0.4, -0.2) is 37.1 Å². The molecule has 0 bridgehead atoms. The van der Waals surface area contributed by atoms with E-state index in [1.807, 2.05) is 0 Å². The van der Waals surface area contributed by atoms with E-state index in [-0.39, 0.29) is 6.42 Å². The van der Waals surface area contributed by atoms with Crippen molar-refractivity contribution >= 4 is 5.97 Å². The average Bonchev–Trinajstić information content (AvgIpc) is 2.14. The molecule has 1 saturated heterocycles. The maximum absolute atomic E-state index is 10.2. The number of carbonyl (C=O) groups excluding carboxylic acids is 1. The molecule has 0 aromatic carbocycles. The Morgan fingerprint density at radius 3 is 2.43 bits per heavy atom. The van der Waals surface area contributed by atoms with Crippen LogP contribution >= 0.6 is 0 Å². The summed E-state index contributed by atoms with van der Waals surface area (Å²) in [5, 5.41) is 10.2. The molecule has 0 aromatic rings. The van der Waals surface area contributed by atoms with Gasteiger partial charge in [0.2, 0.25) is 0 Å². The third kappa shape index (κ3) is 4.09. The number of carboxylic acid groups (broad SMARTS) is 1. The van der Waals surface area contributed by atoms with Gasteiger partial charge in [0.15, 0.2) is 0 Å². The van der Waals surface area contributed by atoms with Gasteiger partial charge in [0.25, 0.3) is 0 Å². The van der Waals surface area contributed by atoms with Gasteiger partial charge in [-0.05, 0) is 38.5 Å². The van der Waals surface area contributed by atoms with Crippen molar-refractivity contribution in [2.24, 2.45) is 0 Å². The van der Waals surface area contributed by atoms with E-state index in [0.29, 0.717) is 0 Å². The predicted octanol–water partition coefficient (Wildman–Crippen LogP) is 0.537. The summed E-state index contributed by atoms with van der Waals surface area (Å²) in [6.07, 6.45) is 6.04. The quantitative estimate of drug-likeness (QED) is 0.479. The van der Waals surface area contributed by atoms with Gasteiger partial charge in [-0.2, -0.15) is 0 Å². The van der Waals surface area contributed by atoms with Crippen molar-refractivity contribution in [3.05, 3.63) is 0 Å². The van der Waals surface area contributed by atoms with Crippen LogP contribution in [0.3, 0.4) is 0 Å². The van der Waals surface area contributed by atoms with Crippen LogP contribution in [-0.2, 0) is 4.79 Å². The Kier molecular flexibility index (Phi) is 4.39. The normalized spacial score (nSPS) is 20.6. The van der Waals surface area contributed by atoms with Crippen LogP contribution in [0.4, 0.5) is 0 Å². The molecule has 0 aromatic heterocycles. The van der Waals surface area contributed by atoms with Crippen molar-refractivity contribution in [2.75, 3.05) is 26.7 Å². The number of aliphatic carboxylic acids is 1. The first-order chi connectivity index (χ1) is 6.62. The van der Waals surface area contributed by atoms with E-state index in [2.05, 4.69) is 7.05 Å². The molecule has 3 heteroatoms. The van der Waals surface area contributed by atoms with Crippen LogP contribution in [0.25, 0.3) is 0 Å². The molecular formula is C11H21NO2. The molecule has 1 aliphatic rings. The van der Waals surface area contributed by atoms with E-state index in [9.17, 15) is 9.90 Å². The standard InChI is InChI=1S/C11H21NO2/c1-12(8-4-2-5-9-12)10-6-3-7-11(13)14/h2-10H2,1H3. The molecule has 82 valence electrons. The van der Waals surface area contributed by atoms with E-state index >= 15 is 0 Å². The number of quaternary nitrogens is 1. The lowest BCUT2D eigenvalue weighted by atomic mass is 10.1. The van der Waals surface area contributed by atoms with Gasteiger partial charge in [-0.1, -0.05) is 0 Å². The Balaban J connectivity index is 2.12. The van der Waals surface area contributed by atoms with E-state index in [4.69, 9.17) is 0 Å². The van der Waals surface area contributed by atoms with Crippen LogP contribution in [0.15, 0.2) is 0 Å². The second-order valence-corrected chi connectivity index (χ2v) is 4.68. The molecule has 3 nitrogen and oxygen atoms in total. The zero-order chi connectivity index (χ0) is 10.4. The molecule has 1 fully saturated rings. The SMILES string of the molecule is C[N+]1(CCCCC(=O)[O-])CCCCC1. The topological polar surface area (TPSA) is 40.1 Å². The number of carboxylic acids is 1. The Hall–Kier alpha value is -0.570. The highest BCUT2D eigenvalue weighted by Crippen LogP contribution is 2.17. The fourth-order valence-corrected chi connectivity index (χ4v) is 2.26. The molecule has 0 spiro atoms. The molecule has 0 amide bonds. The molecule has 0 aliphatic carbocycles. The summed E-state index contributed by atoms with van der Waals surface area (Å²) in [6.45, 7) is 3.67. The van der Waals surface area contributed by atoms with Gasteiger partial charge in [0.05, 0.1) is 26.7 Å². The summed E-state index contributed by atoms with van der Waals surface area (Å²) >= 11 is 0. The highest BCUT2D eigenvalue weighted by Gasteiger charge is 2.23. The maximum atomic E-state index is 10.2. The molecule has 1 heterocycles. The Bertz CT molecular complexity index is 186. The first-order valence-electron chi connectivity index (χ1n) is 5.66. The number of rotatable bonds is 5. The van der Waals surface area contributed by atoms with Crippen molar-refractivity contribution in [3.63, 3.8) is 0 Å².